The van der Waals surface area contributed by atoms with Gasteiger partial charge in [0.15, 0.2) is 6.61 Å². The highest BCUT2D eigenvalue weighted by Gasteiger charge is 2.18. The van der Waals surface area contributed by atoms with E-state index in [0.717, 1.165) is 28.3 Å². The number of carbonyl (C=O) groups is 2. The van der Waals surface area contributed by atoms with E-state index in [-0.39, 0.29) is 18.0 Å². The fraction of sp³-hybridized carbons (Fsp3) is 0.263. The van der Waals surface area contributed by atoms with Crippen LogP contribution < -0.4 is 0 Å². The Labute approximate surface area is 149 Å². The number of ketones is 1. The molecular weight excluding hydrogens is 375 g/mol. The fourth-order valence-electron chi connectivity index (χ4n) is 2.44. The molecule has 0 aliphatic heterocycles. The van der Waals surface area contributed by atoms with Crippen molar-refractivity contribution in [3.63, 3.8) is 0 Å². The van der Waals surface area contributed by atoms with Crippen molar-refractivity contribution in [2.24, 2.45) is 0 Å². The van der Waals surface area contributed by atoms with Gasteiger partial charge in [-0.2, -0.15) is 0 Å². The number of aryl methyl sites for hydroxylation is 1. The lowest BCUT2D eigenvalue weighted by Crippen LogP contribution is -2.16. The van der Waals surface area contributed by atoms with Crippen LogP contribution in [0, 0.1) is 33.5 Å². The Morgan fingerprint density at radius 2 is 1.67 bits per heavy atom. The molecule has 2 aromatic carbocycles. The van der Waals surface area contributed by atoms with Gasteiger partial charge in [-0.1, -0.05) is 0 Å². The molecule has 3 nitrogen and oxygen atoms in total. The number of hydrogen-bond acceptors (Lipinski definition) is 3. The first kappa shape index (κ1) is 18.3. The zero-order chi connectivity index (χ0) is 18.0. The van der Waals surface area contributed by atoms with Crippen LogP contribution in [0.3, 0.4) is 0 Å². The monoisotopic (exact) mass is 392 g/mol. The predicted octanol–water partition coefficient (Wildman–Crippen LogP) is 4.86. The second kappa shape index (κ2) is 7.26. The van der Waals surface area contributed by atoms with Gasteiger partial charge >= 0.3 is 5.97 Å². The van der Waals surface area contributed by atoms with Crippen LogP contribution in [0.5, 0.6) is 0 Å². The average Bonchev–Trinajstić information content (AvgIpc) is 2.55. The van der Waals surface area contributed by atoms with E-state index >= 15 is 0 Å². The number of ether oxygens (including phenoxy) is 1. The molecule has 0 saturated heterocycles. The number of hydrogen-bond donors (Lipinski definition) is 0. The summed E-state index contributed by atoms with van der Waals surface area (Å²) in [4.78, 5) is 24.5. The summed E-state index contributed by atoms with van der Waals surface area (Å²) < 4.78 is 18.7. The van der Waals surface area contributed by atoms with E-state index < -0.39 is 11.8 Å². The average molecular weight is 393 g/mol. The van der Waals surface area contributed by atoms with Crippen molar-refractivity contribution >= 4 is 27.7 Å². The van der Waals surface area contributed by atoms with Crippen molar-refractivity contribution in [1.29, 1.82) is 0 Å². The Morgan fingerprint density at radius 1 is 1.00 bits per heavy atom. The number of benzene rings is 2. The lowest BCUT2D eigenvalue weighted by atomic mass is 9.93. The normalized spacial score (nSPS) is 10.6. The van der Waals surface area contributed by atoms with Gasteiger partial charge in [0.25, 0.3) is 0 Å². The summed E-state index contributed by atoms with van der Waals surface area (Å²) in [6.07, 6.45) is 0. The molecular formula is C19H18BrFO3. The standard InChI is InChI=1S/C19H18BrFO3/c1-10-7-15(13(4)12(3)11(10)2)18(22)9-24-19(23)16-8-14(21)5-6-17(16)20/h5-8H,9H2,1-4H3. The van der Waals surface area contributed by atoms with Crippen LogP contribution in [-0.2, 0) is 4.74 Å². The highest BCUT2D eigenvalue weighted by atomic mass is 79.9. The van der Waals surface area contributed by atoms with Crippen LogP contribution in [0.4, 0.5) is 4.39 Å². The number of esters is 1. The highest BCUT2D eigenvalue weighted by Crippen LogP contribution is 2.22. The van der Waals surface area contributed by atoms with Gasteiger partial charge in [0.2, 0.25) is 5.78 Å². The maximum absolute atomic E-state index is 13.3. The zero-order valence-electron chi connectivity index (χ0n) is 14.0. The molecule has 0 fully saturated rings. The van der Waals surface area contributed by atoms with Crippen molar-refractivity contribution in [2.45, 2.75) is 27.7 Å². The molecule has 24 heavy (non-hydrogen) atoms. The molecule has 0 heterocycles. The SMILES string of the molecule is Cc1cc(C(=O)COC(=O)c2cc(F)ccc2Br)c(C)c(C)c1C. The summed E-state index contributed by atoms with van der Waals surface area (Å²) in [5.41, 5.74) is 4.69. The van der Waals surface area contributed by atoms with E-state index in [0.29, 0.717) is 10.0 Å². The Kier molecular flexibility index (Phi) is 5.54. The van der Waals surface area contributed by atoms with Crippen molar-refractivity contribution in [1.82, 2.24) is 0 Å². The predicted molar refractivity (Wildman–Crippen MR) is 94.1 cm³/mol. The van der Waals surface area contributed by atoms with E-state index in [1.807, 2.05) is 33.8 Å². The summed E-state index contributed by atoms with van der Waals surface area (Å²) in [5, 5.41) is 0. The van der Waals surface area contributed by atoms with Gasteiger partial charge < -0.3 is 4.74 Å². The van der Waals surface area contributed by atoms with Gasteiger partial charge in [0, 0.05) is 10.0 Å². The molecule has 2 rings (SSSR count). The first-order valence-electron chi connectivity index (χ1n) is 7.45. The summed E-state index contributed by atoms with van der Waals surface area (Å²) in [6, 6.07) is 5.53. The van der Waals surface area contributed by atoms with Crippen LogP contribution in [0.25, 0.3) is 0 Å². The molecule has 126 valence electrons. The summed E-state index contributed by atoms with van der Waals surface area (Å²) >= 11 is 3.17. The first-order valence-corrected chi connectivity index (χ1v) is 8.24. The van der Waals surface area contributed by atoms with Crippen LogP contribution in [0.1, 0.15) is 43.0 Å². The molecule has 0 unspecified atom stereocenters. The van der Waals surface area contributed by atoms with E-state index in [1.54, 1.807) is 0 Å². The van der Waals surface area contributed by atoms with Gasteiger partial charge in [0.1, 0.15) is 5.82 Å². The molecule has 0 atom stereocenters. The topological polar surface area (TPSA) is 43.4 Å². The molecule has 2 aromatic rings. The molecule has 0 radical (unpaired) electrons. The summed E-state index contributed by atoms with van der Waals surface area (Å²) in [5.74, 6) is -1.57. The molecule has 0 saturated carbocycles. The number of Topliss-reactive ketones (excluding diaryl/α,β-unsaturated/α-hetero) is 1. The first-order chi connectivity index (χ1) is 11.2. The summed E-state index contributed by atoms with van der Waals surface area (Å²) in [6.45, 7) is 7.40. The minimum atomic E-state index is -0.743. The van der Waals surface area contributed by atoms with E-state index in [1.165, 1.54) is 12.1 Å². The molecule has 0 aliphatic carbocycles. The van der Waals surface area contributed by atoms with Crippen molar-refractivity contribution in [3.05, 3.63) is 67.9 Å². The molecule has 0 aliphatic rings. The fourth-order valence-corrected chi connectivity index (χ4v) is 2.85. The largest absolute Gasteiger partial charge is 0.454 e. The number of carbonyl (C=O) groups excluding carboxylic acids is 2. The second-order valence-electron chi connectivity index (χ2n) is 5.74. The third-order valence-corrected chi connectivity index (χ3v) is 4.96. The third-order valence-electron chi connectivity index (χ3n) is 4.26. The maximum Gasteiger partial charge on any atom is 0.339 e. The molecule has 0 N–H and O–H groups in total. The lowest BCUT2D eigenvalue weighted by Gasteiger charge is -2.13. The van der Waals surface area contributed by atoms with Gasteiger partial charge in [-0.3, -0.25) is 4.79 Å². The molecule has 0 aromatic heterocycles. The highest BCUT2D eigenvalue weighted by molar-refractivity contribution is 9.10. The Morgan fingerprint density at radius 3 is 2.33 bits per heavy atom. The third kappa shape index (κ3) is 3.73. The van der Waals surface area contributed by atoms with Crippen LogP contribution in [0.2, 0.25) is 0 Å². The Bertz CT molecular complexity index is 828. The number of rotatable bonds is 4. The van der Waals surface area contributed by atoms with Gasteiger partial charge in [-0.05, 0) is 90.1 Å². The van der Waals surface area contributed by atoms with Crippen LogP contribution in [0.15, 0.2) is 28.7 Å². The van der Waals surface area contributed by atoms with Crippen molar-refractivity contribution in [2.75, 3.05) is 6.61 Å². The van der Waals surface area contributed by atoms with E-state index in [2.05, 4.69) is 15.9 Å². The van der Waals surface area contributed by atoms with Crippen molar-refractivity contribution in [3.8, 4) is 0 Å². The molecule has 0 spiro atoms. The quantitative estimate of drug-likeness (QED) is 0.550. The number of halogens is 2. The molecule has 5 heteroatoms. The van der Waals surface area contributed by atoms with Gasteiger partial charge in [-0.15, -0.1) is 0 Å². The Balaban J connectivity index is 2.17. The smallest absolute Gasteiger partial charge is 0.339 e. The van der Waals surface area contributed by atoms with Gasteiger partial charge in [-0.25, -0.2) is 9.18 Å². The summed E-state index contributed by atoms with van der Waals surface area (Å²) in [7, 11) is 0. The van der Waals surface area contributed by atoms with Gasteiger partial charge in [0.05, 0.1) is 5.56 Å². The van der Waals surface area contributed by atoms with Crippen LogP contribution in [-0.4, -0.2) is 18.4 Å². The molecule has 0 bridgehead atoms. The lowest BCUT2D eigenvalue weighted by molar-refractivity contribution is 0.0473. The van der Waals surface area contributed by atoms with Crippen LogP contribution >= 0.6 is 15.9 Å². The van der Waals surface area contributed by atoms with Crippen molar-refractivity contribution < 1.29 is 18.7 Å². The van der Waals surface area contributed by atoms with E-state index in [9.17, 15) is 14.0 Å². The minimum Gasteiger partial charge on any atom is -0.454 e. The minimum absolute atomic E-state index is 0.0517. The Hall–Kier alpha value is -2.01. The maximum atomic E-state index is 13.3. The zero-order valence-corrected chi connectivity index (χ0v) is 15.6. The molecule has 0 amide bonds. The second-order valence-corrected chi connectivity index (χ2v) is 6.59. The van der Waals surface area contributed by atoms with E-state index in [4.69, 9.17) is 4.74 Å².